The second-order valence-corrected chi connectivity index (χ2v) is 9.93. The van der Waals surface area contributed by atoms with Crippen LogP contribution in [0.2, 0.25) is 0 Å². The van der Waals surface area contributed by atoms with E-state index in [2.05, 4.69) is 13.2 Å². The minimum absolute atomic E-state index is 0.566. The van der Waals surface area contributed by atoms with E-state index in [-0.39, 0.29) is 0 Å². The normalized spacial score (nSPS) is 26.9. The summed E-state index contributed by atoms with van der Waals surface area (Å²) in [7, 11) is -11.7. The van der Waals surface area contributed by atoms with Crippen LogP contribution in [0.25, 0.3) is 0 Å². The maximum absolute atomic E-state index is 11.9. The van der Waals surface area contributed by atoms with Crippen LogP contribution in [-0.2, 0) is 29.5 Å². The number of hydrogen-bond donors (Lipinski definition) is 0. The Morgan fingerprint density at radius 2 is 1.72 bits per heavy atom. The van der Waals surface area contributed by atoms with Crippen LogP contribution < -0.4 is 0 Å². The van der Waals surface area contributed by atoms with Gasteiger partial charge in [-0.05, 0) is 6.08 Å². The van der Waals surface area contributed by atoms with Crippen molar-refractivity contribution in [1.82, 2.24) is 0 Å². The van der Waals surface area contributed by atoms with Crippen molar-refractivity contribution in [2.75, 3.05) is 11.5 Å². The first-order valence-electron chi connectivity index (χ1n) is 4.63. The van der Waals surface area contributed by atoms with Crippen LogP contribution in [0, 0.1) is 0 Å². The van der Waals surface area contributed by atoms with Crippen molar-refractivity contribution in [3.8, 4) is 0 Å². The average Bonchev–Trinajstić information content (AvgIpc) is 2.55. The molecule has 1 rings (SSSR count). The highest BCUT2D eigenvalue weighted by Crippen LogP contribution is 2.31. The third kappa shape index (κ3) is 2.73. The summed E-state index contributed by atoms with van der Waals surface area (Å²) in [5, 5.41) is 1.88. The van der Waals surface area contributed by atoms with E-state index in [0.29, 0.717) is 16.2 Å². The molecule has 9 heteroatoms. The Hall–Kier alpha value is -0.930. The molecule has 0 N–H and O–H groups in total. The maximum Gasteiger partial charge on any atom is 0.182 e. The fraction of sp³-hybridized carbons (Fsp3) is 0.333. The fourth-order valence-electron chi connectivity index (χ4n) is 1.58. The van der Waals surface area contributed by atoms with Gasteiger partial charge >= 0.3 is 0 Å². The highest BCUT2D eigenvalue weighted by molar-refractivity contribution is 8.01. The van der Waals surface area contributed by atoms with E-state index in [9.17, 15) is 25.3 Å². The summed E-state index contributed by atoms with van der Waals surface area (Å²) < 4.78 is 67.5. The van der Waals surface area contributed by atoms with Crippen molar-refractivity contribution in [2.45, 2.75) is 4.75 Å². The highest BCUT2D eigenvalue weighted by atomic mass is 32.2. The standard InChI is InChI=1S/C9H12O6S3/c1-3-16(10,11)7-9(18(14,15)4-2)5-6-17(12,13)8-9/h3-6H,1-2,7-8H2. The Morgan fingerprint density at radius 3 is 2.06 bits per heavy atom. The van der Waals surface area contributed by atoms with Crippen molar-refractivity contribution < 1.29 is 25.3 Å². The van der Waals surface area contributed by atoms with Crippen LogP contribution in [0.4, 0.5) is 0 Å². The molecule has 0 aliphatic carbocycles. The van der Waals surface area contributed by atoms with Gasteiger partial charge in [0.1, 0.15) is 4.75 Å². The highest BCUT2D eigenvalue weighted by Gasteiger charge is 2.49. The summed E-state index contributed by atoms with van der Waals surface area (Å²) in [5.74, 6) is -1.67. The molecular formula is C9H12O6S3. The predicted molar refractivity (Wildman–Crippen MR) is 68.8 cm³/mol. The first-order chi connectivity index (χ1) is 7.99. The van der Waals surface area contributed by atoms with Gasteiger partial charge in [-0.2, -0.15) is 0 Å². The van der Waals surface area contributed by atoms with Crippen LogP contribution >= 0.6 is 0 Å². The molecule has 0 aromatic rings. The van der Waals surface area contributed by atoms with Crippen molar-refractivity contribution in [2.24, 2.45) is 0 Å². The molecule has 0 radical (unpaired) electrons. The molecule has 0 amide bonds. The van der Waals surface area contributed by atoms with E-state index in [1.165, 1.54) is 0 Å². The lowest BCUT2D eigenvalue weighted by Gasteiger charge is -2.23. The Balaban J connectivity index is 3.46. The maximum atomic E-state index is 11.9. The summed E-state index contributed by atoms with van der Waals surface area (Å²) in [6, 6.07) is 0. The van der Waals surface area contributed by atoms with E-state index in [1.54, 1.807) is 0 Å². The topological polar surface area (TPSA) is 102 Å². The van der Waals surface area contributed by atoms with E-state index < -0.39 is 45.8 Å². The van der Waals surface area contributed by atoms with Crippen molar-refractivity contribution >= 4 is 29.5 Å². The van der Waals surface area contributed by atoms with Crippen molar-refractivity contribution in [1.29, 1.82) is 0 Å². The third-order valence-corrected chi connectivity index (χ3v) is 7.77. The summed E-state index contributed by atoms with van der Waals surface area (Å²) in [6.07, 6.45) is 0.889. The van der Waals surface area contributed by atoms with Gasteiger partial charge in [0.25, 0.3) is 0 Å². The molecule has 0 spiro atoms. The van der Waals surface area contributed by atoms with Crippen LogP contribution in [0.15, 0.2) is 35.5 Å². The van der Waals surface area contributed by atoms with Crippen molar-refractivity contribution in [3.05, 3.63) is 35.5 Å². The van der Waals surface area contributed by atoms with Gasteiger partial charge in [0.05, 0.1) is 11.5 Å². The second-order valence-electron chi connectivity index (χ2n) is 3.86. The molecule has 18 heavy (non-hydrogen) atoms. The molecule has 1 unspecified atom stereocenters. The van der Waals surface area contributed by atoms with Crippen LogP contribution in [0.3, 0.4) is 0 Å². The zero-order valence-corrected chi connectivity index (χ0v) is 11.8. The third-order valence-electron chi connectivity index (χ3n) is 2.51. The number of sulfone groups is 3. The minimum Gasteiger partial charge on any atom is -0.224 e. The molecular weight excluding hydrogens is 300 g/mol. The van der Waals surface area contributed by atoms with E-state index in [4.69, 9.17) is 0 Å². The lowest BCUT2D eigenvalue weighted by Crippen LogP contribution is -2.44. The monoisotopic (exact) mass is 312 g/mol. The molecule has 0 fully saturated rings. The largest absolute Gasteiger partial charge is 0.224 e. The molecule has 1 atom stereocenters. The zero-order valence-electron chi connectivity index (χ0n) is 9.31. The quantitative estimate of drug-likeness (QED) is 0.695. The summed E-state index contributed by atoms with van der Waals surface area (Å²) in [6.45, 7) is 6.16. The Morgan fingerprint density at radius 1 is 1.17 bits per heavy atom. The lowest BCUT2D eigenvalue weighted by atomic mass is 10.2. The number of rotatable bonds is 5. The van der Waals surface area contributed by atoms with Crippen LogP contribution in [-0.4, -0.2) is 41.5 Å². The van der Waals surface area contributed by atoms with Crippen LogP contribution in [0.5, 0.6) is 0 Å². The molecule has 0 aromatic carbocycles. The van der Waals surface area contributed by atoms with E-state index in [0.717, 1.165) is 6.08 Å². The Bertz CT molecular complexity index is 708. The Kier molecular flexibility index (Phi) is 3.63. The zero-order chi connectivity index (χ0) is 14.2. The van der Waals surface area contributed by atoms with Gasteiger partial charge in [0.15, 0.2) is 29.5 Å². The van der Waals surface area contributed by atoms with Gasteiger partial charge < -0.3 is 0 Å². The SMILES string of the molecule is C=CS(=O)(=O)CC1(S(=O)(=O)C=C)C=CS(=O)(=O)C1. The van der Waals surface area contributed by atoms with E-state index in [1.807, 2.05) is 0 Å². The van der Waals surface area contributed by atoms with Gasteiger partial charge in [0, 0.05) is 16.2 Å². The van der Waals surface area contributed by atoms with Gasteiger partial charge in [-0.15, -0.1) is 0 Å². The first-order valence-corrected chi connectivity index (χ1v) is 9.61. The first kappa shape index (κ1) is 15.1. The molecule has 0 aromatic heterocycles. The summed E-state index contributed by atoms with van der Waals surface area (Å²) >= 11 is 0. The predicted octanol–water partition coefficient (Wildman–Crippen LogP) is -0.216. The molecule has 0 saturated heterocycles. The second kappa shape index (κ2) is 4.32. The fourth-order valence-corrected chi connectivity index (χ4v) is 7.12. The van der Waals surface area contributed by atoms with Crippen molar-refractivity contribution in [3.63, 3.8) is 0 Å². The summed E-state index contributed by atoms with van der Waals surface area (Å²) in [4.78, 5) is 0. The molecule has 1 aliphatic rings. The molecule has 102 valence electrons. The van der Waals surface area contributed by atoms with E-state index >= 15 is 0 Å². The Labute approximate surface area is 106 Å². The molecule has 1 heterocycles. The van der Waals surface area contributed by atoms with Gasteiger partial charge in [0.2, 0.25) is 0 Å². The average molecular weight is 312 g/mol. The van der Waals surface area contributed by atoms with Gasteiger partial charge in [-0.1, -0.05) is 13.2 Å². The minimum atomic E-state index is -4.10. The van der Waals surface area contributed by atoms with Gasteiger partial charge in [-0.25, -0.2) is 25.3 Å². The molecule has 1 aliphatic heterocycles. The molecule has 0 saturated carbocycles. The lowest BCUT2D eigenvalue weighted by molar-refractivity contribution is 0.568. The molecule has 0 bridgehead atoms. The van der Waals surface area contributed by atoms with Crippen LogP contribution in [0.1, 0.15) is 0 Å². The van der Waals surface area contributed by atoms with Gasteiger partial charge in [-0.3, -0.25) is 0 Å². The number of hydrogen-bond acceptors (Lipinski definition) is 6. The summed E-state index contributed by atoms with van der Waals surface area (Å²) in [5.41, 5.74) is 0. The smallest absolute Gasteiger partial charge is 0.182 e. The molecule has 6 nitrogen and oxygen atoms in total.